The van der Waals surface area contributed by atoms with Gasteiger partial charge in [0, 0.05) is 18.6 Å². The number of aliphatic carboxylic acids is 1. The van der Waals surface area contributed by atoms with Gasteiger partial charge in [-0.05, 0) is 36.0 Å². The third kappa shape index (κ3) is 4.07. The summed E-state index contributed by atoms with van der Waals surface area (Å²) in [5.41, 5.74) is 0.617. The van der Waals surface area contributed by atoms with E-state index in [1.165, 1.54) is 6.08 Å². The number of carboxylic acid groups (broad SMARTS) is 1. The summed E-state index contributed by atoms with van der Waals surface area (Å²) in [5, 5.41) is 17.7. The van der Waals surface area contributed by atoms with Crippen LogP contribution in [0, 0.1) is 6.92 Å². The lowest BCUT2D eigenvalue weighted by Gasteiger charge is -2.02. The number of furan rings is 1. The quantitative estimate of drug-likeness (QED) is 0.470. The van der Waals surface area contributed by atoms with Crippen molar-refractivity contribution in [1.29, 1.82) is 0 Å². The number of hydrogen-bond donors (Lipinski definition) is 1. The molecule has 0 fully saturated rings. The maximum absolute atomic E-state index is 11.4. The number of carbonyl (C=O) groups is 1. The molecule has 0 aliphatic carbocycles. The lowest BCUT2D eigenvalue weighted by Crippen LogP contribution is -1.96. The molecule has 3 rings (SSSR count). The molecule has 128 valence electrons. The van der Waals surface area contributed by atoms with Crippen molar-refractivity contribution in [3.8, 4) is 11.3 Å². The minimum absolute atomic E-state index is 0.0262. The van der Waals surface area contributed by atoms with Crippen molar-refractivity contribution in [2.75, 3.05) is 0 Å². The maximum Gasteiger partial charge on any atom is 0.342 e. The first kappa shape index (κ1) is 17.6. The first-order valence-corrected chi connectivity index (χ1v) is 8.48. The fourth-order valence-electron chi connectivity index (χ4n) is 1.95. The van der Waals surface area contributed by atoms with Gasteiger partial charge in [-0.3, -0.25) is 0 Å². The molecular formula is C16H10Cl2N2O4S. The van der Waals surface area contributed by atoms with Gasteiger partial charge in [0.05, 0.1) is 10.0 Å². The summed E-state index contributed by atoms with van der Waals surface area (Å²) in [5.74, 6) is 0.0250. The molecule has 25 heavy (non-hydrogen) atoms. The molecule has 2 aromatic heterocycles. The molecular weight excluding hydrogens is 387 g/mol. The average molecular weight is 397 g/mol. The zero-order valence-corrected chi connectivity index (χ0v) is 15.0. The monoisotopic (exact) mass is 396 g/mol. The molecule has 0 unspecified atom stereocenters. The molecule has 1 aromatic carbocycles. The Morgan fingerprint density at radius 1 is 1.20 bits per heavy atom. The van der Waals surface area contributed by atoms with Gasteiger partial charge in [0.15, 0.2) is 0 Å². The Balaban J connectivity index is 1.90. The number of rotatable bonds is 5. The SMILES string of the molecule is Cc1nnc(S/C(=C/c2ccc(-c3cccc(Cl)c3Cl)o2)C(=O)O)o1. The molecule has 0 radical (unpaired) electrons. The van der Waals surface area contributed by atoms with Gasteiger partial charge in [-0.15, -0.1) is 10.2 Å². The number of halogens is 2. The minimum atomic E-state index is -1.14. The highest BCUT2D eigenvalue weighted by Crippen LogP contribution is 2.35. The van der Waals surface area contributed by atoms with Crippen LogP contribution in [0.1, 0.15) is 11.7 Å². The highest BCUT2D eigenvalue weighted by atomic mass is 35.5. The van der Waals surface area contributed by atoms with Crippen molar-refractivity contribution in [1.82, 2.24) is 10.2 Å². The van der Waals surface area contributed by atoms with Crippen LogP contribution < -0.4 is 0 Å². The Labute approximate surface area is 156 Å². The fraction of sp³-hybridized carbons (Fsp3) is 0.0625. The topological polar surface area (TPSA) is 89.4 Å². The zero-order valence-electron chi connectivity index (χ0n) is 12.7. The van der Waals surface area contributed by atoms with E-state index in [0.29, 0.717) is 33.0 Å². The number of hydrogen-bond acceptors (Lipinski definition) is 6. The predicted octanol–water partition coefficient (Wildman–Crippen LogP) is 5.16. The maximum atomic E-state index is 11.4. The molecule has 0 bridgehead atoms. The number of aromatic nitrogens is 2. The van der Waals surface area contributed by atoms with E-state index in [1.807, 2.05) is 0 Å². The smallest absolute Gasteiger partial charge is 0.342 e. The molecule has 0 aliphatic heterocycles. The summed E-state index contributed by atoms with van der Waals surface area (Å²) in [7, 11) is 0. The normalized spacial score (nSPS) is 11.7. The van der Waals surface area contributed by atoms with Crippen molar-refractivity contribution in [2.45, 2.75) is 12.1 Å². The second-order valence-corrected chi connectivity index (χ2v) is 6.58. The number of nitrogens with zero attached hydrogens (tertiary/aromatic N) is 2. The first-order chi connectivity index (χ1) is 11.9. The van der Waals surface area contributed by atoms with Gasteiger partial charge >= 0.3 is 5.97 Å². The largest absolute Gasteiger partial charge is 0.477 e. The molecule has 0 aliphatic rings. The third-order valence-electron chi connectivity index (χ3n) is 3.03. The Hall–Kier alpha value is -2.22. The summed E-state index contributed by atoms with van der Waals surface area (Å²) >= 11 is 13.0. The van der Waals surface area contributed by atoms with E-state index >= 15 is 0 Å². The molecule has 0 saturated carbocycles. The van der Waals surface area contributed by atoms with Crippen LogP contribution in [0.15, 0.2) is 49.3 Å². The Kier molecular flexibility index (Phi) is 5.17. The molecule has 0 atom stereocenters. The number of carboxylic acids is 1. The molecule has 1 N–H and O–H groups in total. The van der Waals surface area contributed by atoms with E-state index < -0.39 is 5.97 Å². The average Bonchev–Trinajstić information content (AvgIpc) is 3.18. The van der Waals surface area contributed by atoms with E-state index in [1.54, 1.807) is 37.3 Å². The summed E-state index contributed by atoms with van der Waals surface area (Å²) in [6.45, 7) is 1.62. The van der Waals surface area contributed by atoms with E-state index in [4.69, 9.17) is 32.0 Å². The van der Waals surface area contributed by atoms with Crippen molar-refractivity contribution >= 4 is 47.0 Å². The lowest BCUT2D eigenvalue weighted by molar-refractivity contribution is -0.131. The summed E-state index contributed by atoms with van der Waals surface area (Å²) in [6, 6.07) is 8.49. The minimum Gasteiger partial charge on any atom is -0.477 e. The van der Waals surface area contributed by atoms with Crippen LogP contribution >= 0.6 is 35.0 Å². The van der Waals surface area contributed by atoms with Gasteiger partial charge in [0.25, 0.3) is 5.22 Å². The van der Waals surface area contributed by atoms with Gasteiger partial charge in [-0.1, -0.05) is 29.3 Å². The van der Waals surface area contributed by atoms with E-state index in [9.17, 15) is 9.90 Å². The van der Waals surface area contributed by atoms with Crippen molar-refractivity contribution in [2.24, 2.45) is 0 Å². The predicted molar refractivity (Wildman–Crippen MR) is 94.7 cm³/mol. The van der Waals surface area contributed by atoms with Crippen LogP contribution in [0.25, 0.3) is 17.4 Å². The number of aryl methyl sites for hydroxylation is 1. The molecule has 3 aromatic rings. The second-order valence-electron chi connectivity index (χ2n) is 4.81. The first-order valence-electron chi connectivity index (χ1n) is 6.91. The Morgan fingerprint density at radius 2 is 2.00 bits per heavy atom. The van der Waals surface area contributed by atoms with Crippen LogP contribution in [0.4, 0.5) is 0 Å². The number of thioether (sulfide) groups is 1. The summed E-state index contributed by atoms with van der Waals surface area (Å²) < 4.78 is 10.8. The Bertz CT molecular complexity index is 965. The van der Waals surface area contributed by atoms with Crippen LogP contribution in [0.5, 0.6) is 0 Å². The van der Waals surface area contributed by atoms with E-state index in [0.717, 1.165) is 11.8 Å². The molecule has 0 amide bonds. The molecule has 0 saturated heterocycles. The summed E-state index contributed by atoms with van der Waals surface area (Å²) in [4.78, 5) is 11.4. The second kappa shape index (κ2) is 7.35. The van der Waals surface area contributed by atoms with Crippen molar-refractivity contribution < 1.29 is 18.7 Å². The fourth-order valence-corrected chi connectivity index (χ4v) is 3.04. The van der Waals surface area contributed by atoms with Gasteiger partial charge in [-0.25, -0.2) is 4.79 Å². The van der Waals surface area contributed by atoms with E-state index in [-0.39, 0.29) is 10.1 Å². The summed E-state index contributed by atoms with van der Waals surface area (Å²) in [6.07, 6.45) is 1.37. The van der Waals surface area contributed by atoms with E-state index in [2.05, 4.69) is 10.2 Å². The molecule has 6 nitrogen and oxygen atoms in total. The highest BCUT2D eigenvalue weighted by Gasteiger charge is 2.16. The third-order valence-corrected chi connectivity index (χ3v) is 4.70. The van der Waals surface area contributed by atoms with Gasteiger partial charge < -0.3 is 13.9 Å². The molecule has 2 heterocycles. The van der Waals surface area contributed by atoms with Gasteiger partial charge in [0.1, 0.15) is 16.4 Å². The molecule has 0 spiro atoms. The lowest BCUT2D eigenvalue weighted by atomic mass is 10.2. The number of benzene rings is 1. The van der Waals surface area contributed by atoms with Crippen LogP contribution in [-0.4, -0.2) is 21.3 Å². The van der Waals surface area contributed by atoms with Crippen LogP contribution in [0.2, 0.25) is 10.0 Å². The standard InChI is InChI=1S/C16H10Cl2N2O4S/c1-8-19-20-16(23-8)25-13(15(21)22)7-9-5-6-12(24-9)10-3-2-4-11(17)14(10)18/h2-7H,1H3,(H,21,22)/b13-7+. The molecule has 9 heteroatoms. The van der Waals surface area contributed by atoms with Gasteiger partial charge in [0.2, 0.25) is 5.89 Å². The van der Waals surface area contributed by atoms with Crippen LogP contribution in [0.3, 0.4) is 0 Å². The van der Waals surface area contributed by atoms with Crippen molar-refractivity contribution in [3.05, 3.63) is 56.9 Å². The highest BCUT2D eigenvalue weighted by molar-refractivity contribution is 8.03. The zero-order chi connectivity index (χ0) is 18.0. The Morgan fingerprint density at radius 3 is 2.68 bits per heavy atom. The van der Waals surface area contributed by atoms with Gasteiger partial charge in [-0.2, -0.15) is 0 Å². The van der Waals surface area contributed by atoms with Crippen molar-refractivity contribution in [3.63, 3.8) is 0 Å². The van der Waals surface area contributed by atoms with Crippen LogP contribution in [-0.2, 0) is 4.79 Å².